The highest BCUT2D eigenvalue weighted by Gasteiger charge is 2.00. The van der Waals surface area contributed by atoms with Crippen molar-refractivity contribution in [1.82, 2.24) is 10.2 Å². The van der Waals surface area contributed by atoms with Gasteiger partial charge in [0.05, 0.1) is 0 Å². The maximum Gasteiger partial charge on any atom is 0.119 e. The lowest BCUT2D eigenvalue weighted by molar-refractivity contribution is 0.245. The minimum atomic E-state index is 0.516. The van der Waals surface area contributed by atoms with E-state index in [1.165, 1.54) is 11.3 Å². The van der Waals surface area contributed by atoms with Crippen molar-refractivity contribution in [3.63, 3.8) is 0 Å². The summed E-state index contributed by atoms with van der Waals surface area (Å²) < 4.78 is 5.77. The average molecular weight is 296 g/mol. The van der Waals surface area contributed by atoms with Gasteiger partial charge in [0, 0.05) is 31.4 Å². The van der Waals surface area contributed by atoms with Gasteiger partial charge in [-0.1, -0.05) is 26.0 Å². The van der Waals surface area contributed by atoms with Gasteiger partial charge in [0.15, 0.2) is 0 Å². The highest BCUT2D eigenvalue weighted by molar-refractivity contribution is 7.98. The largest absolute Gasteiger partial charge is 0.492 e. The minimum Gasteiger partial charge on any atom is -0.492 e. The summed E-state index contributed by atoms with van der Waals surface area (Å²) in [5, 5.41) is 3.41. The quantitative estimate of drug-likeness (QED) is 0.717. The molecule has 1 aromatic carbocycles. The van der Waals surface area contributed by atoms with Crippen LogP contribution in [0.4, 0.5) is 0 Å². The molecule has 0 atom stereocenters. The predicted molar refractivity (Wildman–Crippen MR) is 89.8 cm³/mol. The summed E-state index contributed by atoms with van der Waals surface area (Å²) in [6.07, 6.45) is 2.14. The molecule has 20 heavy (non-hydrogen) atoms. The third-order valence-electron chi connectivity index (χ3n) is 3.06. The van der Waals surface area contributed by atoms with Crippen molar-refractivity contribution in [2.24, 2.45) is 0 Å². The number of hydrogen-bond acceptors (Lipinski definition) is 4. The van der Waals surface area contributed by atoms with Gasteiger partial charge in [0.25, 0.3) is 0 Å². The van der Waals surface area contributed by atoms with Crippen LogP contribution in [0.15, 0.2) is 24.3 Å². The molecule has 0 aromatic heterocycles. The van der Waals surface area contributed by atoms with Crippen LogP contribution in [0.2, 0.25) is 0 Å². The Labute approximate surface area is 128 Å². The zero-order valence-electron chi connectivity index (χ0n) is 13.2. The summed E-state index contributed by atoms with van der Waals surface area (Å²) in [5.41, 5.74) is 1.29. The number of thioether (sulfide) groups is 1. The molecule has 114 valence electrons. The van der Waals surface area contributed by atoms with E-state index in [4.69, 9.17) is 4.74 Å². The van der Waals surface area contributed by atoms with Gasteiger partial charge < -0.3 is 15.0 Å². The van der Waals surface area contributed by atoms with Crippen LogP contribution in [0.1, 0.15) is 19.4 Å². The molecule has 1 rings (SSSR count). The number of likely N-dealkylation sites (N-methyl/N-ethyl adjacent to an activating group) is 1. The standard InChI is InChI=1S/C16H28N2OS/c1-14(2)17-13-15-5-7-16(8-6-15)19-11-9-18(3)10-12-20-4/h5-8,14,17H,9-13H2,1-4H3. The lowest BCUT2D eigenvalue weighted by Gasteiger charge is -2.16. The van der Waals surface area contributed by atoms with Crippen LogP contribution >= 0.6 is 11.8 Å². The Bertz CT molecular complexity index is 354. The van der Waals surface area contributed by atoms with Crippen LogP contribution in [-0.2, 0) is 6.54 Å². The van der Waals surface area contributed by atoms with Gasteiger partial charge in [-0.05, 0) is 31.0 Å². The minimum absolute atomic E-state index is 0.516. The molecule has 1 aromatic rings. The van der Waals surface area contributed by atoms with E-state index in [1.54, 1.807) is 0 Å². The van der Waals surface area contributed by atoms with Crippen LogP contribution in [0.25, 0.3) is 0 Å². The van der Waals surface area contributed by atoms with E-state index >= 15 is 0 Å². The first-order valence-electron chi connectivity index (χ1n) is 7.24. The lowest BCUT2D eigenvalue weighted by atomic mass is 10.2. The molecule has 3 nitrogen and oxygen atoms in total. The Kier molecular flexibility index (Phi) is 8.74. The molecule has 0 spiro atoms. The second-order valence-corrected chi connectivity index (χ2v) is 6.31. The van der Waals surface area contributed by atoms with Crippen molar-refractivity contribution in [3.05, 3.63) is 29.8 Å². The fourth-order valence-corrected chi connectivity index (χ4v) is 2.20. The van der Waals surface area contributed by atoms with Crippen molar-refractivity contribution in [3.8, 4) is 5.75 Å². The molecule has 0 fully saturated rings. The lowest BCUT2D eigenvalue weighted by Crippen LogP contribution is -2.26. The summed E-state index contributed by atoms with van der Waals surface area (Å²) in [6.45, 7) is 8.06. The number of ether oxygens (including phenoxy) is 1. The molecule has 0 aliphatic rings. The Balaban J connectivity index is 2.24. The Morgan fingerprint density at radius 3 is 2.50 bits per heavy atom. The molecule has 1 N–H and O–H groups in total. The van der Waals surface area contributed by atoms with Crippen LogP contribution < -0.4 is 10.1 Å². The van der Waals surface area contributed by atoms with Crippen LogP contribution in [0, 0.1) is 0 Å². The van der Waals surface area contributed by atoms with Crippen LogP contribution in [0.5, 0.6) is 5.75 Å². The fraction of sp³-hybridized carbons (Fsp3) is 0.625. The fourth-order valence-electron chi connectivity index (χ4n) is 1.70. The molecule has 0 saturated carbocycles. The molecule has 4 heteroatoms. The van der Waals surface area contributed by atoms with Crippen molar-refractivity contribution in [2.75, 3.05) is 38.8 Å². The Morgan fingerprint density at radius 2 is 1.90 bits per heavy atom. The second kappa shape index (κ2) is 10.1. The van der Waals surface area contributed by atoms with Gasteiger partial charge >= 0.3 is 0 Å². The van der Waals surface area contributed by atoms with Gasteiger partial charge in [0.2, 0.25) is 0 Å². The maximum absolute atomic E-state index is 5.77. The first kappa shape index (κ1) is 17.3. The summed E-state index contributed by atoms with van der Waals surface area (Å²) in [6, 6.07) is 8.88. The summed E-state index contributed by atoms with van der Waals surface area (Å²) in [7, 11) is 2.14. The van der Waals surface area contributed by atoms with Crippen LogP contribution in [0.3, 0.4) is 0 Å². The molecule has 0 saturated heterocycles. The summed E-state index contributed by atoms with van der Waals surface area (Å²) in [4.78, 5) is 2.30. The molecule has 0 aliphatic carbocycles. The zero-order chi connectivity index (χ0) is 14.8. The highest BCUT2D eigenvalue weighted by atomic mass is 32.2. The van der Waals surface area contributed by atoms with Crippen LogP contribution in [-0.4, -0.2) is 49.7 Å². The van der Waals surface area contributed by atoms with Crippen molar-refractivity contribution in [2.45, 2.75) is 26.4 Å². The average Bonchev–Trinajstić information content (AvgIpc) is 2.44. The van der Waals surface area contributed by atoms with E-state index in [2.05, 4.69) is 61.6 Å². The van der Waals surface area contributed by atoms with E-state index in [-0.39, 0.29) is 0 Å². The zero-order valence-corrected chi connectivity index (χ0v) is 14.0. The summed E-state index contributed by atoms with van der Waals surface area (Å²) >= 11 is 1.88. The van der Waals surface area contributed by atoms with Crippen molar-refractivity contribution < 1.29 is 4.74 Å². The van der Waals surface area contributed by atoms with Gasteiger partial charge in [-0.25, -0.2) is 0 Å². The molecule has 0 amide bonds. The smallest absolute Gasteiger partial charge is 0.119 e. The van der Waals surface area contributed by atoms with E-state index < -0.39 is 0 Å². The van der Waals surface area contributed by atoms with Crippen molar-refractivity contribution in [1.29, 1.82) is 0 Å². The number of rotatable bonds is 10. The third kappa shape index (κ3) is 7.78. The maximum atomic E-state index is 5.77. The highest BCUT2D eigenvalue weighted by Crippen LogP contribution is 2.12. The Morgan fingerprint density at radius 1 is 1.20 bits per heavy atom. The molecule has 0 unspecified atom stereocenters. The molecular weight excluding hydrogens is 268 g/mol. The monoisotopic (exact) mass is 296 g/mol. The Hall–Kier alpha value is -0.710. The summed E-state index contributed by atoms with van der Waals surface area (Å²) in [5.74, 6) is 2.13. The molecule has 0 heterocycles. The number of nitrogens with one attached hydrogen (secondary N) is 1. The van der Waals surface area contributed by atoms with E-state index in [0.29, 0.717) is 6.04 Å². The number of benzene rings is 1. The van der Waals surface area contributed by atoms with E-state index in [9.17, 15) is 0 Å². The SMILES string of the molecule is CSCCN(C)CCOc1ccc(CNC(C)C)cc1. The van der Waals surface area contributed by atoms with E-state index in [0.717, 1.165) is 32.0 Å². The van der Waals surface area contributed by atoms with Crippen molar-refractivity contribution >= 4 is 11.8 Å². The number of hydrogen-bond donors (Lipinski definition) is 1. The third-order valence-corrected chi connectivity index (χ3v) is 3.65. The van der Waals surface area contributed by atoms with Gasteiger partial charge in [-0.3, -0.25) is 0 Å². The van der Waals surface area contributed by atoms with Gasteiger partial charge in [-0.2, -0.15) is 11.8 Å². The normalized spacial score (nSPS) is 11.3. The molecule has 0 radical (unpaired) electrons. The topological polar surface area (TPSA) is 24.5 Å². The number of nitrogens with zero attached hydrogens (tertiary/aromatic N) is 1. The first-order chi connectivity index (χ1) is 9.61. The molecule has 0 aliphatic heterocycles. The molecular formula is C16H28N2OS. The second-order valence-electron chi connectivity index (χ2n) is 5.32. The predicted octanol–water partition coefficient (Wildman–Crippen LogP) is 2.86. The van der Waals surface area contributed by atoms with Gasteiger partial charge in [0.1, 0.15) is 12.4 Å². The molecule has 0 bridgehead atoms. The van der Waals surface area contributed by atoms with E-state index in [1.807, 2.05) is 11.8 Å². The first-order valence-corrected chi connectivity index (χ1v) is 8.64. The van der Waals surface area contributed by atoms with Gasteiger partial charge in [-0.15, -0.1) is 0 Å².